The molecule has 0 aliphatic carbocycles. The van der Waals surface area contributed by atoms with E-state index in [0.717, 1.165) is 24.8 Å². The second kappa shape index (κ2) is 9.74. The number of carbonyl (C=O) groups is 2. The number of benzene rings is 3. The molecule has 2 amide bonds. The first-order chi connectivity index (χ1) is 16.0. The molecule has 0 saturated heterocycles. The number of anilines is 2. The summed E-state index contributed by atoms with van der Waals surface area (Å²) in [5, 5.41) is 3.21. The molecule has 0 radical (unpaired) electrons. The van der Waals surface area contributed by atoms with Crippen molar-refractivity contribution in [3.8, 4) is 5.75 Å². The van der Waals surface area contributed by atoms with Gasteiger partial charge in [0.25, 0.3) is 11.8 Å². The average molecular weight is 441 g/mol. The first kappa shape index (κ1) is 22.3. The Morgan fingerprint density at radius 2 is 1.64 bits per heavy atom. The van der Waals surface area contributed by atoms with Gasteiger partial charge in [-0.1, -0.05) is 61.9 Å². The molecule has 3 aromatic carbocycles. The van der Waals surface area contributed by atoms with Gasteiger partial charge in [0.15, 0.2) is 0 Å². The SMILES string of the molecule is CCCCc1ccc(N2C(=O)C(Nc3cc(C)ccc3OC)=C(c3ccccc3)C2=O)cc1. The number of ether oxygens (including phenoxy) is 1. The van der Waals surface area contributed by atoms with E-state index in [1.54, 1.807) is 7.11 Å². The molecule has 0 spiro atoms. The number of hydrogen-bond acceptors (Lipinski definition) is 4. The summed E-state index contributed by atoms with van der Waals surface area (Å²) in [6.07, 6.45) is 3.20. The third kappa shape index (κ3) is 4.53. The van der Waals surface area contributed by atoms with Crippen molar-refractivity contribution in [1.29, 1.82) is 0 Å². The van der Waals surface area contributed by atoms with Gasteiger partial charge in [0.2, 0.25) is 0 Å². The van der Waals surface area contributed by atoms with Gasteiger partial charge in [-0.15, -0.1) is 0 Å². The lowest BCUT2D eigenvalue weighted by Gasteiger charge is -2.16. The summed E-state index contributed by atoms with van der Waals surface area (Å²) < 4.78 is 5.48. The number of rotatable bonds is 8. The Balaban J connectivity index is 1.75. The number of unbranched alkanes of at least 4 members (excludes halogenated alkanes) is 1. The third-order valence-corrected chi connectivity index (χ3v) is 5.77. The van der Waals surface area contributed by atoms with Crippen molar-refractivity contribution in [2.75, 3.05) is 17.3 Å². The van der Waals surface area contributed by atoms with E-state index in [0.29, 0.717) is 28.3 Å². The van der Waals surface area contributed by atoms with Gasteiger partial charge in [-0.05, 0) is 60.7 Å². The van der Waals surface area contributed by atoms with Crippen LogP contribution in [0.4, 0.5) is 11.4 Å². The van der Waals surface area contributed by atoms with Gasteiger partial charge in [0.1, 0.15) is 11.4 Å². The topological polar surface area (TPSA) is 58.6 Å². The first-order valence-electron chi connectivity index (χ1n) is 11.2. The van der Waals surface area contributed by atoms with Crippen LogP contribution in [0.25, 0.3) is 5.57 Å². The second-order valence-corrected chi connectivity index (χ2v) is 8.16. The van der Waals surface area contributed by atoms with Crippen molar-refractivity contribution < 1.29 is 14.3 Å². The second-order valence-electron chi connectivity index (χ2n) is 8.16. The van der Waals surface area contributed by atoms with Crippen LogP contribution in [0, 0.1) is 6.92 Å². The Morgan fingerprint density at radius 1 is 0.909 bits per heavy atom. The van der Waals surface area contributed by atoms with Crippen LogP contribution in [0.5, 0.6) is 5.75 Å². The summed E-state index contributed by atoms with van der Waals surface area (Å²) in [5.74, 6) is -0.134. The van der Waals surface area contributed by atoms with E-state index >= 15 is 0 Å². The van der Waals surface area contributed by atoms with E-state index in [9.17, 15) is 9.59 Å². The molecule has 0 unspecified atom stereocenters. The van der Waals surface area contributed by atoms with Gasteiger partial charge in [0.05, 0.1) is 24.1 Å². The Labute approximate surface area is 194 Å². The van der Waals surface area contributed by atoms with Crippen LogP contribution < -0.4 is 15.0 Å². The molecule has 1 aliphatic heterocycles. The fourth-order valence-corrected chi connectivity index (χ4v) is 4.00. The van der Waals surface area contributed by atoms with E-state index in [1.807, 2.05) is 79.7 Å². The van der Waals surface area contributed by atoms with Crippen molar-refractivity contribution in [3.63, 3.8) is 0 Å². The quantitative estimate of drug-likeness (QED) is 0.454. The van der Waals surface area contributed by atoms with Crippen LogP contribution in [-0.4, -0.2) is 18.9 Å². The highest BCUT2D eigenvalue weighted by molar-refractivity contribution is 6.46. The maximum Gasteiger partial charge on any atom is 0.282 e. The Bertz CT molecular complexity index is 1200. The van der Waals surface area contributed by atoms with Crippen molar-refractivity contribution in [2.24, 2.45) is 0 Å². The van der Waals surface area contributed by atoms with Gasteiger partial charge in [-0.3, -0.25) is 9.59 Å². The van der Waals surface area contributed by atoms with Gasteiger partial charge in [0, 0.05) is 0 Å². The fourth-order valence-electron chi connectivity index (χ4n) is 4.00. The van der Waals surface area contributed by atoms with Crippen LogP contribution in [0.3, 0.4) is 0 Å². The molecule has 1 heterocycles. The number of methoxy groups -OCH3 is 1. The number of amides is 2. The molecule has 4 rings (SSSR count). The lowest BCUT2D eigenvalue weighted by atomic mass is 10.0. The van der Waals surface area contributed by atoms with Crippen molar-refractivity contribution in [3.05, 3.63) is 95.2 Å². The smallest absolute Gasteiger partial charge is 0.282 e. The van der Waals surface area contributed by atoms with Crippen molar-refractivity contribution in [2.45, 2.75) is 33.1 Å². The number of nitrogens with zero attached hydrogens (tertiary/aromatic N) is 1. The largest absolute Gasteiger partial charge is 0.495 e. The molecule has 0 atom stereocenters. The summed E-state index contributed by atoms with van der Waals surface area (Å²) in [6, 6.07) is 22.6. The number of imide groups is 1. The maximum atomic E-state index is 13.6. The molecule has 5 heteroatoms. The Hall–Kier alpha value is -3.86. The zero-order valence-corrected chi connectivity index (χ0v) is 19.2. The van der Waals surface area contributed by atoms with Gasteiger partial charge in [-0.25, -0.2) is 4.90 Å². The molecule has 0 bridgehead atoms. The number of nitrogens with one attached hydrogen (secondary N) is 1. The number of hydrogen-bond donors (Lipinski definition) is 1. The van der Waals surface area contributed by atoms with Crippen LogP contribution in [0.15, 0.2) is 78.5 Å². The molecule has 168 valence electrons. The Morgan fingerprint density at radius 3 is 2.30 bits per heavy atom. The van der Waals surface area contributed by atoms with E-state index < -0.39 is 0 Å². The Kier molecular flexibility index (Phi) is 6.59. The van der Waals surface area contributed by atoms with Gasteiger partial charge in [-0.2, -0.15) is 0 Å². The molecule has 1 N–H and O–H groups in total. The standard InChI is InChI=1S/C28H28N2O3/c1-4-5-9-20-13-15-22(16-14-20)30-27(31)25(21-10-7-6-8-11-21)26(28(30)32)29-23-18-19(2)12-17-24(23)33-3/h6-8,10-18,29H,4-5,9H2,1-3H3. The molecule has 0 aromatic heterocycles. The minimum atomic E-state index is -0.385. The van der Waals surface area contributed by atoms with E-state index in [1.165, 1.54) is 10.5 Å². The summed E-state index contributed by atoms with van der Waals surface area (Å²) in [4.78, 5) is 28.4. The molecule has 0 saturated carbocycles. The fraction of sp³-hybridized carbons (Fsp3) is 0.214. The van der Waals surface area contributed by atoms with Crippen molar-refractivity contribution in [1.82, 2.24) is 0 Å². The maximum absolute atomic E-state index is 13.6. The predicted molar refractivity (Wildman–Crippen MR) is 132 cm³/mol. The highest BCUT2D eigenvalue weighted by Gasteiger charge is 2.40. The van der Waals surface area contributed by atoms with E-state index in [2.05, 4.69) is 12.2 Å². The normalized spacial score (nSPS) is 13.6. The minimum Gasteiger partial charge on any atom is -0.495 e. The monoisotopic (exact) mass is 440 g/mol. The van der Waals surface area contributed by atoms with E-state index in [-0.39, 0.29) is 17.5 Å². The average Bonchev–Trinajstić information content (AvgIpc) is 3.08. The zero-order chi connectivity index (χ0) is 23.4. The van der Waals surface area contributed by atoms with E-state index in [4.69, 9.17) is 4.74 Å². The van der Waals surface area contributed by atoms with Crippen LogP contribution in [-0.2, 0) is 16.0 Å². The highest BCUT2D eigenvalue weighted by atomic mass is 16.5. The van der Waals surface area contributed by atoms with Crippen LogP contribution >= 0.6 is 0 Å². The third-order valence-electron chi connectivity index (χ3n) is 5.77. The summed E-state index contributed by atoms with van der Waals surface area (Å²) in [6.45, 7) is 4.12. The van der Waals surface area contributed by atoms with Crippen LogP contribution in [0.1, 0.15) is 36.5 Å². The van der Waals surface area contributed by atoms with Gasteiger partial charge < -0.3 is 10.1 Å². The molecule has 33 heavy (non-hydrogen) atoms. The molecular weight excluding hydrogens is 412 g/mol. The highest BCUT2D eigenvalue weighted by Crippen LogP contribution is 2.36. The number of carbonyl (C=O) groups excluding carboxylic acids is 2. The lowest BCUT2D eigenvalue weighted by Crippen LogP contribution is -2.32. The number of aryl methyl sites for hydroxylation is 2. The lowest BCUT2D eigenvalue weighted by molar-refractivity contribution is -0.120. The minimum absolute atomic E-state index is 0.241. The summed E-state index contributed by atoms with van der Waals surface area (Å²) >= 11 is 0. The van der Waals surface area contributed by atoms with Gasteiger partial charge >= 0.3 is 0 Å². The summed E-state index contributed by atoms with van der Waals surface area (Å²) in [7, 11) is 1.58. The first-order valence-corrected chi connectivity index (χ1v) is 11.2. The van der Waals surface area contributed by atoms with Crippen LogP contribution in [0.2, 0.25) is 0 Å². The molecule has 1 aliphatic rings. The molecular formula is C28H28N2O3. The predicted octanol–water partition coefficient (Wildman–Crippen LogP) is 5.74. The summed E-state index contributed by atoms with van der Waals surface area (Å²) in [5.41, 5.74) is 4.68. The molecule has 5 nitrogen and oxygen atoms in total. The zero-order valence-electron chi connectivity index (χ0n) is 19.2. The molecule has 0 fully saturated rings. The molecule has 3 aromatic rings. The van der Waals surface area contributed by atoms with Crippen molar-refractivity contribution >= 4 is 28.8 Å².